The van der Waals surface area contributed by atoms with Gasteiger partial charge in [0.1, 0.15) is 0 Å². The Morgan fingerprint density at radius 1 is 1.35 bits per heavy atom. The fourth-order valence-electron chi connectivity index (χ4n) is 1.95. The number of rotatable bonds is 6. The van der Waals surface area contributed by atoms with E-state index in [0.717, 1.165) is 23.1 Å². The summed E-state index contributed by atoms with van der Waals surface area (Å²) >= 11 is 3.38. The highest BCUT2D eigenvalue weighted by atomic mass is 79.9. The largest absolute Gasteiger partial charge is 0.327 e. The maximum absolute atomic E-state index is 11.9. The molecule has 0 bridgehead atoms. The number of amides is 1. The summed E-state index contributed by atoms with van der Waals surface area (Å²) in [6.07, 6.45) is 4.61. The van der Waals surface area contributed by atoms with Gasteiger partial charge in [-0.3, -0.25) is 9.48 Å². The Balaban J connectivity index is 0.00000264. The van der Waals surface area contributed by atoms with Crippen LogP contribution >= 0.6 is 28.3 Å². The Morgan fingerprint density at radius 3 is 2.52 bits per heavy atom. The van der Waals surface area contributed by atoms with Crippen molar-refractivity contribution >= 4 is 39.9 Å². The molecule has 0 aliphatic heterocycles. The lowest BCUT2D eigenvalue weighted by Gasteiger charge is -2.15. The van der Waals surface area contributed by atoms with Gasteiger partial charge in [0.05, 0.1) is 16.6 Å². The lowest BCUT2D eigenvalue weighted by molar-refractivity contribution is -0.119. The molecule has 0 aliphatic rings. The molecule has 0 fully saturated rings. The van der Waals surface area contributed by atoms with E-state index in [1.54, 1.807) is 6.20 Å². The minimum Gasteiger partial charge on any atom is -0.327 e. The minimum absolute atomic E-state index is 0. The number of nitrogens with zero attached hydrogens (tertiary/aromatic N) is 2. The van der Waals surface area contributed by atoms with Crippen LogP contribution in [0.3, 0.4) is 0 Å². The molecule has 0 saturated carbocycles. The van der Waals surface area contributed by atoms with Gasteiger partial charge < -0.3 is 11.1 Å². The SMILES string of the molecule is CC(N)C(C)C(=O)Nc1ccc(CCn2cc(Br)cn2)cc1.Cl. The Morgan fingerprint density at radius 2 is 2.00 bits per heavy atom. The Bertz CT molecular complexity index is 627. The summed E-state index contributed by atoms with van der Waals surface area (Å²) in [4.78, 5) is 11.9. The number of benzene rings is 1. The Labute approximate surface area is 151 Å². The van der Waals surface area contributed by atoms with Gasteiger partial charge in [-0.1, -0.05) is 19.1 Å². The average molecular weight is 402 g/mol. The number of aromatic nitrogens is 2. The number of carbonyl (C=O) groups is 1. The molecule has 126 valence electrons. The summed E-state index contributed by atoms with van der Waals surface area (Å²) in [5, 5.41) is 7.11. The molecule has 5 nitrogen and oxygen atoms in total. The molecule has 0 radical (unpaired) electrons. The fourth-order valence-corrected chi connectivity index (χ4v) is 2.28. The van der Waals surface area contributed by atoms with Crippen LogP contribution in [0.1, 0.15) is 19.4 Å². The summed E-state index contributed by atoms with van der Waals surface area (Å²) < 4.78 is 2.87. The summed E-state index contributed by atoms with van der Waals surface area (Å²) in [5.41, 5.74) is 7.73. The van der Waals surface area contributed by atoms with E-state index in [1.807, 2.05) is 49.0 Å². The van der Waals surface area contributed by atoms with Crippen molar-refractivity contribution in [1.82, 2.24) is 9.78 Å². The van der Waals surface area contributed by atoms with Crippen molar-refractivity contribution in [2.45, 2.75) is 32.9 Å². The molecule has 0 aliphatic carbocycles. The van der Waals surface area contributed by atoms with Crippen LogP contribution in [0.2, 0.25) is 0 Å². The van der Waals surface area contributed by atoms with E-state index in [-0.39, 0.29) is 30.3 Å². The topological polar surface area (TPSA) is 72.9 Å². The first-order valence-corrected chi connectivity index (χ1v) is 8.08. The molecule has 23 heavy (non-hydrogen) atoms. The normalized spacial score (nSPS) is 13.0. The monoisotopic (exact) mass is 400 g/mol. The van der Waals surface area contributed by atoms with Gasteiger partial charge in [0.2, 0.25) is 5.91 Å². The second-order valence-corrected chi connectivity index (χ2v) is 6.42. The van der Waals surface area contributed by atoms with Crippen LogP contribution in [0.5, 0.6) is 0 Å². The van der Waals surface area contributed by atoms with E-state index in [0.29, 0.717) is 0 Å². The highest BCUT2D eigenvalue weighted by Gasteiger charge is 2.16. The zero-order valence-corrected chi connectivity index (χ0v) is 15.6. The van der Waals surface area contributed by atoms with Gasteiger partial charge in [0.25, 0.3) is 0 Å². The molecule has 2 atom stereocenters. The third-order valence-corrected chi connectivity index (χ3v) is 4.06. The first-order chi connectivity index (χ1) is 10.5. The number of carbonyl (C=O) groups excluding carboxylic acids is 1. The lowest BCUT2D eigenvalue weighted by Crippen LogP contribution is -2.34. The van der Waals surface area contributed by atoms with Gasteiger partial charge >= 0.3 is 0 Å². The van der Waals surface area contributed by atoms with Crippen LogP contribution in [0.4, 0.5) is 5.69 Å². The van der Waals surface area contributed by atoms with Crippen molar-refractivity contribution in [2.75, 3.05) is 5.32 Å². The van der Waals surface area contributed by atoms with Crippen LogP contribution in [0.15, 0.2) is 41.1 Å². The molecule has 7 heteroatoms. The van der Waals surface area contributed by atoms with Gasteiger partial charge in [-0.25, -0.2) is 0 Å². The molecule has 1 aromatic carbocycles. The van der Waals surface area contributed by atoms with Gasteiger partial charge in [-0.15, -0.1) is 12.4 Å². The molecule has 1 heterocycles. The highest BCUT2D eigenvalue weighted by Crippen LogP contribution is 2.13. The van der Waals surface area contributed by atoms with Crippen molar-refractivity contribution in [1.29, 1.82) is 0 Å². The first kappa shape index (κ1) is 19.7. The third-order valence-electron chi connectivity index (χ3n) is 3.66. The summed E-state index contributed by atoms with van der Waals surface area (Å²) in [7, 11) is 0. The second kappa shape index (κ2) is 9.05. The lowest BCUT2D eigenvalue weighted by atomic mass is 10.0. The molecule has 2 rings (SSSR count). The fraction of sp³-hybridized carbons (Fsp3) is 0.375. The van der Waals surface area contributed by atoms with Gasteiger partial charge in [0.15, 0.2) is 0 Å². The van der Waals surface area contributed by atoms with Crippen molar-refractivity contribution in [3.05, 3.63) is 46.7 Å². The molecular weight excluding hydrogens is 380 g/mol. The van der Waals surface area contributed by atoms with Crippen molar-refractivity contribution in [3.63, 3.8) is 0 Å². The van der Waals surface area contributed by atoms with Crippen LogP contribution in [0.25, 0.3) is 0 Å². The number of anilines is 1. The number of hydrogen-bond acceptors (Lipinski definition) is 3. The van der Waals surface area contributed by atoms with Crippen molar-refractivity contribution in [3.8, 4) is 0 Å². The number of hydrogen-bond donors (Lipinski definition) is 2. The number of nitrogens with one attached hydrogen (secondary N) is 1. The van der Waals surface area contributed by atoms with E-state index in [2.05, 4.69) is 26.3 Å². The van der Waals surface area contributed by atoms with Gasteiger partial charge in [0, 0.05) is 24.5 Å². The zero-order valence-electron chi connectivity index (χ0n) is 13.2. The third kappa shape index (κ3) is 5.97. The maximum atomic E-state index is 11.9. The van der Waals surface area contributed by atoms with Crippen LogP contribution < -0.4 is 11.1 Å². The molecule has 2 aromatic rings. The Hall–Kier alpha value is -1.37. The molecule has 0 spiro atoms. The quantitative estimate of drug-likeness (QED) is 0.780. The Kier molecular flexibility index (Phi) is 7.75. The summed E-state index contributed by atoms with van der Waals surface area (Å²) in [5.74, 6) is -0.262. The van der Waals surface area contributed by atoms with E-state index in [4.69, 9.17) is 5.73 Å². The maximum Gasteiger partial charge on any atom is 0.228 e. The average Bonchev–Trinajstić information content (AvgIpc) is 2.91. The van der Waals surface area contributed by atoms with Crippen LogP contribution in [0, 0.1) is 5.92 Å². The minimum atomic E-state index is -0.210. The second-order valence-electron chi connectivity index (χ2n) is 5.51. The standard InChI is InChI=1S/C16H21BrN4O.ClH/c1-11(12(2)18)16(22)20-15-5-3-13(4-6-15)7-8-21-10-14(17)9-19-21;/h3-6,9-12H,7-8,18H2,1-2H3,(H,20,22);1H. The number of nitrogens with two attached hydrogens (primary N) is 1. The molecule has 1 amide bonds. The van der Waals surface area contributed by atoms with E-state index >= 15 is 0 Å². The molecule has 1 aromatic heterocycles. The molecule has 2 unspecified atom stereocenters. The van der Waals surface area contributed by atoms with Gasteiger partial charge in [-0.2, -0.15) is 5.10 Å². The van der Waals surface area contributed by atoms with Crippen LogP contribution in [-0.2, 0) is 17.8 Å². The first-order valence-electron chi connectivity index (χ1n) is 7.29. The van der Waals surface area contributed by atoms with Gasteiger partial charge in [-0.05, 0) is 47.0 Å². The van der Waals surface area contributed by atoms with Crippen LogP contribution in [-0.4, -0.2) is 21.7 Å². The number of aryl methyl sites for hydroxylation is 2. The molecule has 3 N–H and O–H groups in total. The summed E-state index contributed by atoms with van der Waals surface area (Å²) in [6, 6.07) is 7.71. The van der Waals surface area contributed by atoms with E-state index in [1.165, 1.54) is 5.56 Å². The predicted molar refractivity (Wildman–Crippen MR) is 98.8 cm³/mol. The summed E-state index contributed by atoms with van der Waals surface area (Å²) in [6.45, 7) is 4.48. The number of halogens is 2. The zero-order chi connectivity index (χ0) is 16.1. The smallest absolute Gasteiger partial charge is 0.228 e. The van der Waals surface area contributed by atoms with E-state index < -0.39 is 0 Å². The van der Waals surface area contributed by atoms with E-state index in [9.17, 15) is 4.79 Å². The predicted octanol–water partition coefficient (Wildman–Crippen LogP) is 3.23. The van der Waals surface area contributed by atoms with Crippen molar-refractivity contribution < 1.29 is 4.79 Å². The highest BCUT2D eigenvalue weighted by molar-refractivity contribution is 9.10. The van der Waals surface area contributed by atoms with Crippen molar-refractivity contribution in [2.24, 2.45) is 11.7 Å². The molecule has 0 saturated heterocycles. The molecular formula is C16H22BrClN4O.